The summed E-state index contributed by atoms with van der Waals surface area (Å²) in [6.07, 6.45) is 6.58. The molecule has 11 rings (SSSR count). The van der Waals surface area contributed by atoms with E-state index in [0.29, 0.717) is 0 Å². The summed E-state index contributed by atoms with van der Waals surface area (Å²) in [5.41, 5.74) is 19.7. The highest BCUT2D eigenvalue weighted by Gasteiger charge is 2.51. The predicted molar refractivity (Wildman–Crippen MR) is 191 cm³/mol. The summed E-state index contributed by atoms with van der Waals surface area (Å²) < 4.78 is 12.0. The van der Waals surface area contributed by atoms with Gasteiger partial charge in [-0.1, -0.05) is 91.0 Å². The van der Waals surface area contributed by atoms with E-state index in [0.717, 1.165) is 46.6 Å². The minimum Gasteiger partial charge on any atom is -0.456 e. The second kappa shape index (κ2) is 8.83. The van der Waals surface area contributed by atoms with E-state index in [2.05, 4.69) is 137 Å². The van der Waals surface area contributed by atoms with Crippen LogP contribution in [0.4, 0.5) is 5.69 Å². The van der Waals surface area contributed by atoms with E-state index in [4.69, 9.17) is 10.5 Å². The number of aromatic nitrogens is 2. The third kappa shape index (κ3) is 2.99. The van der Waals surface area contributed by atoms with Crippen LogP contribution < -0.4 is 10.5 Å². The monoisotopic (exact) mass is 603 g/mol. The van der Waals surface area contributed by atoms with Crippen LogP contribution in [0.25, 0.3) is 50.2 Å². The van der Waals surface area contributed by atoms with Crippen molar-refractivity contribution >= 4 is 44.5 Å². The summed E-state index contributed by atoms with van der Waals surface area (Å²) in [5, 5.41) is 3.70. The Kier molecular flexibility index (Phi) is 4.74. The Labute approximate surface area is 271 Å². The molecule has 0 bridgehead atoms. The molecule has 2 aliphatic heterocycles. The average molecular weight is 604 g/mol. The van der Waals surface area contributed by atoms with Crippen LogP contribution in [0.3, 0.4) is 0 Å². The van der Waals surface area contributed by atoms with E-state index in [-0.39, 0.29) is 0 Å². The van der Waals surface area contributed by atoms with Crippen LogP contribution in [0, 0.1) is 0 Å². The molecule has 8 aromatic rings. The Morgan fingerprint density at radius 1 is 0.617 bits per heavy atom. The maximum absolute atomic E-state index is 7.14. The van der Waals surface area contributed by atoms with E-state index in [1.165, 1.54) is 61.0 Å². The van der Waals surface area contributed by atoms with Gasteiger partial charge in [0.1, 0.15) is 11.5 Å². The van der Waals surface area contributed by atoms with Crippen molar-refractivity contribution in [3.63, 3.8) is 0 Å². The molecule has 0 radical (unpaired) electrons. The van der Waals surface area contributed by atoms with Crippen LogP contribution in [-0.4, -0.2) is 9.13 Å². The number of hydrogen-bond acceptors (Lipinski definition) is 2. The molecular weight excluding hydrogens is 574 g/mol. The van der Waals surface area contributed by atoms with Crippen LogP contribution in [0.5, 0.6) is 11.5 Å². The maximum atomic E-state index is 7.14. The number of hydrogen-bond donors (Lipinski definition) is 1. The lowest BCUT2D eigenvalue weighted by Crippen LogP contribution is -2.37. The first-order valence-corrected chi connectivity index (χ1v) is 16.4. The zero-order valence-corrected chi connectivity index (χ0v) is 25.6. The van der Waals surface area contributed by atoms with E-state index in [1.54, 1.807) is 0 Å². The minimum atomic E-state index is -0.590. The van der Waals surface area contributed by atoms with Crippen LogP contribution in [-0.2, 0) is 11.8 Å². The molecule has 47 heavy (non-hydrogen) atoms. The fraction of sp³-hybridized carbons (Fsp3) is 0.0698. The van der Waals surface area contributed by atoms with Crippen molar-refractivity contribution in [2.75, 3.05) is 5.73 Å². The van der Waals surface area contributed by atoms with Crippen LogP contribution in [0.2, 0.25) is 0 Å². The first-order chi connectivity index (χ1) is 23.2. The molecule has 1 atom stereocenters. The van der Waals surface area contributed by atoms with Crippen molar-refractivity contribution in [2.24, 2.45) is 0 Å². The Bertz CT molecular complexity index is 2670. The second-order valence-electron chi connectivity index (χ2n) is 13.0. The van der Waals surface area contributed by atoms with Crippen molar-refractivity contribution in [3.8, 4) is 22.9 Å². The Morgan fingerprint density at radius 2 is 1.38 bits per heavy atom. The Morgan fingerprint density at radius 3 is 2.30 bits per heavy atom. The molecule has 3 aliphatic rings. The Balaban J connectivity index is 1.34. The van der Waals surface area contributed by atoms with Gasteiger partial charge in [0.15, 0.2) is 0 Å². The maximum Gasteiger partial charge on any atom is 0.142 e. The first-order valence-electron chi connectivity index (χ1n) is 16.4. The van der Waals surface area contributed by atoms with Gasteiger partial charge in [0, 0.05) is 44.5 Å². The average Bonchev–Trinajstić information content (AvgIpc) is 3.65. The first kappa shape index (κ1) is 25.2. The molecule has 1 spiro atoms. The molecule has 0 saturated carbocycles. The molecular formula is C43H29N3O. The summed E-state index contributed by atoms with van der Waals surface area (Å²) >= 11 is 0. The molecule has 4 heterocycles. The van der Waals surface area contributed by atoms with Gasteiger partial charge in [0.05, 0.1) is 33.0 Å². The van der Waals surface area contributed by atoms with E-state index in [9.17, 15) is 0 Å². The molecule has 0 saturated heterocycles. The number of allylic oxidation sites excluding steroid dienone is 1. The molecule has 4 heteroatoms. The fourth-order valence-corrected chi connectivity index (χ4v) is 9.00. The van der Waals surface area contributed by atoms with E-state index < -0.39 is 5.41 Å². The lowest BCUT2D eigenvalue weighted by molar-refractivity contribution is 0.439. The fourth-order valence-electron chi connectivity index (χ4n) is 9.00. The highest BCUT2D eigenvalue weighted by molar-refractivity contribution is 6.12. The number of nitrogen functional groups attached to an aromatic ring is 1. The standard InChI is InChI=1S/C43H29N3O/c44-26-20-22-27(23-21-26)45-36-17-6-2-11-30(36)40-38(45)25-24-34-42(40)47-39-19-8-4-14-32(39)43(34)31-13-3-7-18-37(31)46-35-16-5-1-10-28(35)29-12-9-15-33(43)41(29)46/h1-5,7-16,18-25H,6,17,44H2. The van der Waals surface area contributed by atoms with Gasteiger partial charge in [-0.2, -0.15) is 0 Å². The number of fused-ring (bicyclic) bond motifs is 15. The van der Waals surface area contributed by atoms with Gasteiger partial charge in [-0.15, -0.1) is 0 Å². The lowest BCUT2D eigenvalue weighted by Gasteiger charge is -2.45. The van der Waals surface area contributed by atoms with Crippen molar-refractivity contribution in [1.29, 1.82) is 0 Å². The quantitative estimate of drug-likeness (QED) is 0.190. The summed E-state index contributed by atoms with van der Waals surface area (Å²) in [4.78, 5) is 0. The summed E-state index contributed by atoms with van der Waals surface area (Å²) in [6, 6.07) is 46.2. The highest BCUT2D eigenvalue weighted by atomic mass is 16.5. The molecule has 222 valence electrons. The van der Waals surface area contributed by atoms with Gasteiger partial charge < -0.3 is 19.6 Å². The summed E-state index contributed by atoms with van der Waals surface area (Å²) in [5.74, 6) is 1.84. The molecule has 0 amide bonds. The van der Waals surface area contributed by atoms with Gasteiger partial charge in [0.2, 0.25) is 0 Å². The van der Waals surface area contributed by atoms with Crippen LogP contribution in [0.1, 0.15) is 39.9 Å². The summed E-state index contributed by atoms with van der Waals surface area (Å²) in [7, 11) is 0. The second-order valence-corrected chi connectivity index (χ2v) is 13.0. The van der Waals surface area contributed by atoms with Gasteiger partial charge >= 0.3 is 0 Å². The number of ether oxygens (including phenoxy) is 1. The molecule has 6 aromatic carbocycles. The van der Waals surface area contributed by atoms with Crippen LogP contribution >= 0.6 is 0 Å². The number of anilines is 1. The topological polar surface area (TPSA) is 45.1 Å². The number of nitrogens with zero attached hydrogens (tertiary/aromatic N) is 2. The van der Waals surface area contributed by atoms with Crippen molar-refractivity contribution in [2.45, 2.75) is 18.3 Å². The zero-order chi connectivity index (χ0) is 30.9. The van der Waals surface area contributed by atoms with Crippen LogP contribution in [0.15, 0.2) is 133 Å². The largest absolute Gasteiger partial charge is 0.456 e. The highest BCUT2D eigenvalue weighted by Crippen LogP contribution is 2.62. The van der Waals surface area contributed by atoms with E-state index >= 15 is 0 Å². The lowest BCUT2D eigenvalue weighted by atomic mass is 9.61. The third-order valence-corrected chi connectivity index (χ3v) is 10.8. The van der Waals surface area contributed by atoms with Gasteiger partial charge in [0.25, 0.3) is 0 Å². The number of nitrogens with two attached hydrogens (primary N) is 1. The molecule has 2 N–H and O–H groups in total. The molecule has 1 unspecified atom stereocenters. The smallest absolute Gasteiger partial charge is 0.142 e. The normalized spacial score (nSPS) is 17.0. The summed E-state index contributed by atoms with van der Waals surface area (Å²) in [6.45, 7) is 0. The predicted octanol–water partition coefficient (Wildman–Crippen LogP) is 10.1. The molecule has 1 aliphatic carbocycles. The number of para-hydroxylation sites is 4. The van der Waals surface area contributed by atoms with Gasteiger partial charge in [-0.3, -0.25) is 0 Å². The van der Waals surface area contributed by atoms with Crippen molar-refractivity contribution in [1.82, 2.24) is 9.13 Å². The SMILES string of the molecule is Nc1ccc(-n2c3c(c4c5c(ccc42)C2(c4ccccc4O5)c4ccccc4-n4c5ccccc5c5cccc2c54)C=CCC3)cc1. The van der Waals surface area contributed by atoms with Gasteiger partial charge in [-0.25, -0.2) is 0 Å². The third-order valence-electron chi connectivity index (χ3n) is 10.8. The molecule has 2 aromatic heterocycles. The Hall–Kier alpha value is -6.00. The minimum absolute atomic E-state index is 0.590. The van der Waals surface area contributed by atoms with Crippen molar-refractivity contribution < 1.29 is 4.74 Å². The number of rotatable bonds is 1. The zero-order valence-electron chi connectivity index (χ0n) is 25.6. The number of benzene rings is 6. The molecule has 4 nitrogen and oxygen atoms in total. The molecule has 0 fully saturated rings. The van der Waals surface area contributed by atoms with Gasteiger partial charge in [-0.05, 0) is 72.5 Å². The van der Waals surface area contributed by atoms with E-state index in [1.807, 2.05) is 12.1 Å². The van der Waals surface area contributed by atoms with Crippen molar-refractivity contribution in [3.05, 3.63) is 167 Å².